The summed E-state index contributed by atoms with van der Waals surface area (Å²) in [5.74, 6) is -0.908. The van der Waals surface area contributed by atoms with Gasteiger partial charge in [-0.25, -0.2) is 0 Å². The maximum atomic E-state index is 12.8. The van der Waals surface area contributed by atoms with Gasteiger partial charge < -0.3 is 14.2 Å². The van der Waals surface area contributed by atoms with Gasteiger partial charge in [-0.1, -0.05) is 210 Å². The largest absolute Gasteiger partial charge is 0.462 e. The molecule has 61 heavy (non-hydrogen) atoms. The average molecular weight is 853 g/mol. The third-order valence-corrected chi connectivity index (χ3v) is 11.0. The molecule has 0 aromatic rings. The van der Waals surface area contributed by atoms with Crippen molar-refractivity contribution in [3.8, 4) is 0 Å². The van der Waals surface area contributed by atoms with Crippen LogP contribution in [0, 0.1) is 0 Å². The van der Waals surface area contributed by atoms with E-state index in [1.807, 2.05) is 0 Å². The van der Waals surface area contributed by atoms with E-state index in [-0.39, 0.29) is 31.1 Å². The molecule has 0 rings (SSSR count). The van der Waals surface area contributed by atoms with Gasteiger partial charge >= 0.3 is 17.9 Å². The van der Waals surface area contributed by atoms with Crippen molar-refractivity contribution in [3.05, 3.63) is 60.8 Å². The van der Waals surface area contributed by atoms with Gasteiger partial charge in [-0.15, -0.1) is 0 Å². The van der Waals surface area contributed by atoms with E-state index >= 15 is 0 Å². The van der Waals surface area contributed by atoms with E-state index in [2.05, 4.69) is 81.5 Å². The number of carbonyl (C=O) groups excluding carboxylic acids is 3. The first-order valence-electron chi connectivity index (χ1n) is 25.8. The van der Waals surface area contributed by atoms with E-state index in [1.165, 1.54) is 109 Å². The highest BCUT2D eigenvalue weighted by Gasteiger charge is 2.19. The summed E-state index contributed by atoms with van der Waals surface area (Å²) in [6, 6.07) is 0. The zero-order chi connectivity index (χ0) is 44.4. The van der Waals surface area contributed by atoms with E-state index in [9.17, 15) is 14.4 Å². The third kappa shape index (κ3) is 48.0. The van der Waals surface area contributed by atoms with Crippen molar-refractivity contribution < 1.29 is 28.6 Å². The van der Waals surface area contributed by atoms with Crippen LogP contribution < -0.4 is 0 Å². The van der Waals surface area contributed by atoms with Gasteiger partial charge in [0.2, 0.25) is 0 Å². The Hall–Kier alpha value is -2.89. The first-order valence-corrected chi connectivity index (χ1v) is 25.8. The van der Waals surface area contributed by atoms with Crippen LogP contribution in [0.15, 0.2) is 60.8 Å². The van der Waals surface area contributed by atoms with Crippen molar-refractivity contribution in [2.45, 2.75) is 258 Å². The van der Waals surface area contributed by atoms with Crippen molar-refractivity contribution in [2.24, 2.45) is 0 Å². The number of hydrogen-bond acceptors (Lipinski definition) is 6. The van der Waals surface area contributed by atoms with Crippen LogP contribution in [0.4, 0.5) is 0 Å². The summed E-state index contributed by atoms with van der Waals surface area (Å²) in [6.07, 6.45) is 60.5. The van der Waals surface area contributed by atoms with Crippen molar-refractivity contribution in [3.63, 3.8) is 0 Å². The molecule has 0 aromatic carbocycles. The minimum absolute atomic E-state index is 0.0829. The van der Waals surface area contributed by atoms with Gasteiger partial charge in [-0.3, -0.25) is 14.4 Å². The highest BCUT2D eigenvalue weighted by molar-refractivity contribution is 5.71. The first kappa shape index (κ1) is 58.1. The van der Waals surface area contributed by atoms with E-state index in [1.54, 1.807) is 0 Å². The van der Waals surface area contributed by atoms with E-state index < -0.39 is 6.10 Å². The Labute approximate surface area is 377 Å². The Morgan fingerprint density at radius 1 is 0.328 bits per heavy atom. The molecule has 0 spiro atoms. The highest BCUT2D eigenvalue weighted by atomic mass is 16.6. The lowest BCUT2D eigenvalue weighted by Gasteiger charge is -2.18. The fraction of sp³-hybridized carbons (Fsp3) is 0.764. The smallest absolute Gasteiger partial charge is 0.306 e. The molecule has 0 bridgehead atoms. The van der Waals surface area contributed by atoms with E-state index in [0.29, 0.717) is 19.3 Å². The van der Waals surface area contributed by atoms with Crippen LogP contribution in [0.5, 0.6) is 0 Å². The van der Waals surface area contributed by atoms with Crippen molar-refractivity contribution in [2.75, 3.05) is 13.2 Å². The predicted octanol–water partition coefficient (Wildman–Crippen LogP) is 16.9. The highest BCUT2D eigenvalue weighted by Crippen LogP contribution is 2.14. The Balaban J connectivity index is 4.37. The fourth-order valence-electron chi connectivity index (χ4n) is 7.05. The average Bonchev–Trinajstić information content (AvgIpc) is 3.26. The molecule has 1 atom stereocenters. The number of esters is 3. The Morgan fingerprint density at radius 3 is 1.00 bits per heavy atom. The number of carbonyl (C=O) groups is 3. The van der Waals surface area contributed by atoms with Crippen LogP contribution in [-0.2, 0) is 28.6 Å². The molecule has 352 valence electrons. The molecule has 6 nitrogen and oxygen atoms in total. The summed E-state index contributed by atoms with van der Waals surface area (Å²) < 4.78 is 16.8. The van der Waals surface area contributed by atoms with Crippen molar-refractivity contribution in [1.82, 2.24) is 0 Å². The molecule has 0 aromatic heterocycles. The standard InChI is InChI=1S/C55H96O6/c1-4-7-10-13-16-19-22-24-26-27-28-29-30-32-33-36-39-42-45-48-54(57)60-51-52(50-59-53(56)47-44-41-38-35-21-18-15-12-9-6-3)61-55(58)49-46-43-40-37-34-31-25-23-20-17-14-11-8-5-2/h14,16-17,19,23-26,28-29,52H,4-13,15,18,20-22,27,30-51H2,1-3H3/b17-14-,19-16-,25-23-,26-24-,29-28-/t52-/m1/s1. The zero-order valence-electron chi connectivity index (χ0n) is 40.2. The summed E-state index contributed by atoms with van der Waals surface area (Å²) in [4.78, 5) is 37.9. The lowest BCUT2D eigenvalue weighted by atomic mass is 10.1. The summed E-state index contributed by atoms with van der Waals surface area (Å²) in [7, 11) is 0. The maximum Gasteiger partial charge on any atom is 0.306 e. The third-order valence-electron chi connectivity index (χ3n) is 11.0. The van der Waals surface area contributed by atoms with Crippen LogP contribution in [-0.4, -0.2) is 37.2 Å². The van der Waals surface area contributed by atoms with E-state index in [0.717, 1.165) is 103 Å². The Morgan fingerprint density at radius 2 is 0.607 bits per heavy atom. The molecule has 0 aliphatic rings. The predicted molar refractivity (Wildman–Crippen MR) is 261 cm³/mol. The monoisotopic (exact) mass is 853 g/mol. The minimum Gasteiger partial charge on any atom is -0.462 e. The van der Waals surface area contributed by atoms with Crippen LogP contribution >= 0.6 is 0 Å². The molecule has 0 heterocycles. The second-order valence-corrected chi connectivity index (χ2v) is 17.1. The number of ether oxygens (including phenoxy) is 3. The van der Waals surface area contributed by atoms with Crippen molar-refractivity contribution >= 4 is 17.9 Å². The molecule has 0 unspecified atom stereocenters. The quantitative estimate of drug-likeness (QED) is 0.0263. The summed E-state index contributed by atoms with van der Waals surface area (Å²) in [6.45, 7) is 6.54. The molecular weight excluding hydrogens is 757 g/mol. The SMILES string of the molecule is CCCC/C=C\C/C=C\CCCCCCCC(=O)O[C@@H](COC(=O)CCCCCCCC/C=C\C/C=C\C/C=C\CCCCC)COC(=O)CCCCCCCCCCCC. The maximum absolute atomic E-state index is 12.8. The number of hydrogen-bond donors (Lipinski definition) is 0. The Kier molecular flexibility index (Phi) is 47.4. The molecular formula is C55H96O6. The number of rotatable bonds is 46. The van der Waals surface area contributed by atoms with Gasteiger partial charge in [0.25, 0.3) is 0 Å². The summed E-state index contributed by atoms with van der Waals surface area (Å²) >= 11 is 0. The van der Waals surface area contributed by atoms with Gasteiger partial charge in [0.1, 0.15) is 13.2 Å². The molecule has 0 amide bonds. The minimum atomic E-state index is -0.784. The molecule has 0 N–H and O–H groups in total. The first-order chi connectivity index (χ1) is 30.0. The van der Waals surface area contributed by atoms with Crippen LogP contribution in [0.25, 0.3) is 0 Å². The van der Waals surface area contributed by atoms with Gasteiger partial charge in [0, 0.05) is 19.3 Å². The van der Waals surface area contributed by atoms with Gasteiger partial charge in [-0.2, -0.15) is 0 Å². The fourth-order valence-corrected chi connectivity index (χ4v) is 7.05. The van der Waals surface area contributed by atoms with Crippen LogP contribution in [0.2, 0.25) is 0 Å². The lowest BCUT2D eigenvalue weighted by Crippen LogP contribution is -2.30. The Bertz CT molecular complexity index is 1120. The van der Waals surface area contributed by atoms with Gasteiger partial charge in [-0.05, 0) is 83.5 Å². The van der Waals surface area contributed by atoms with Gasteiger partial charge in [0.05, 0.1) is 0 Å². The molecule has 6 heteroatoms. The molecule has 0 aliphatic heterocycles. The summed E-state index contributed by atoms with van der Waals surface area (Å²) in [5.41, 5.74) is 0. The zero-order valence-corrected chi connectivity index (χ0v) is 40.2. The van der Waals surface area contributed by atoms with Crippen LogP contribution in [0.3, 0.4) is 0 Å². The molecule has 0 saturated carbocycles. The molecule has 0 fully saturated rings. The second kappa shape index (κ2) is 49.8. The van der Waals surface area contributed by atoms with Gasteiger partial charge in [0.15, 0.2) is 6.10 Å². The summed E-state index contributed by atoms with van der Waals surface area (Å²) in [5, 5.41) is 0. The van der Waals surface area contributed by atoms with Crippen molar-refractivity contribution in [1.29, 1.82) is 0 Å². The second-order valence-electron chi connectivity index (χ2n) is 17.1. The number of allylic oxidation sites excluding steroid dienone is 10. The lowest BCUT2D eigenvalue weighted by molar-refractivity contribution is -0.167. The number of unbranched alkanes of at least 4 members (excludes halogenated alkanes) is 25. The molecule has 0 radical (unpaired) electrons. The molecule has 0 saturated heterocycles. The normalized spacial score (nSPS) is 12.5. The topological polar surface area (TPSA) is 78.9 Å². The van der Waals surface area contributed by atoms with Crippen LogP contribution in [0.1, 0.15) is 252 Å². The molecule has 0 aliphatic carbocycles. The van der Waals surface area contributed by atoms with E-state index in [4.69, 9.17) is 14.2 Å².